The molecule has 1 aromatic rings. The molecule has 1 rings (SSSR count). The van der Waals surface area contributed by atoms with Gasteiger partial charge >= 0.3 is 0 Å². The molecule has 88 valence electrons. The Bertz CT molecular complexity index is 309. The molecule has 0 radical (unpaired) electrons. The summed E-state index contributed by atoms with van der Waals surface area (Å²) in [6.45, 7) is 3.64. The smallest absolute Gasteiger partial charge is 0.205 e. The van der Waals surface area contributed by atoms with Gasteiger partial charge in [0.05, 0.1) is 0 Å². The van der Waals surface area contributed by atoms with Gasteiger partial charge in [0.1, 0.15) is 0 Å². The summed E-state index contributed by atoms with van der Waals surface area (Å²) in [6, 6.07) is 3.98. The number of aromatic nitrogens is 1. The maximum absolute atomic E-state index is 5.34. The van der Waals surface area contributed by atoms with Gasteiger partial charge in [-0.2, -0.15) is 0 Å². The zero-order chi connectivity index (χ0) is 11.6. The minimum atomic E-state index is 0.644. The molecule has 0 amide bonds. The summed E-state index contributed by atoms with van der Waals surface area (Å²) in [5.74, 6) is 5.98. The summed E-state index contributed by atoms with van der Waals surface area (Å²) in [6.07, 6.45) is 5.54. The second-order valence-electron chi connectivity index (χ2n) is 3.41. The monoisotopic (exact) mass is 221 g/mol. The van der Waals surface area contributed by atoms with Crippen molar-refractivity contribution in [2.75, 3.05) is 13.1 Å². The van der Waals surface area contributed by atoms with Crippen molar-refractivity contribution >= 4 is 5.96 Å². The molecule has 0 aliphatic carbocycles. The first kappa shape index (κ1) is 12.4. The molecule has 0 atom stereocenters. The normalized spacial score (nSPS) is 11.2. The molecule has 1 heterocycles. The third-order valence-corrected chi connectivity index (χ3v) is 2.06. The van der Waals surface area contributed by atoms with Crippen molar-refractivity contribution in [2.45, 2.75) is 19.8 Å². The van der Waals surface area contributed by atoms with Crippen LogP contribution >= 0.6 is 0 Å². The Balaban J connectivity index is 2.28. The van der Waals surface area contributed by atoms with Gasteiger partial charge < -0.3 is 5.32 Å². The molecule has 4 N–H and O–H groups in total. The first-order valence-corrected chi connectivity index (χ1v) is 5.50. The highest BCUT2D eigenvalue weighted by Crippen LogP contribution is 1.95. The molecule has 0 bridgehead atoms. The van der Waals surface area contributed by atoms with Crippen LogP contribution in [-0.4, -0.2) is 24.0 Å². The molecule has 0 saturated carbocycles. The lowest BCUT2D eigenvalue weighted by atomic mass is 10.2. The van der Waals surface area contributed by atoms with Crippen molar-refractivity contribution in [1.29, 1.82) is 0 Å². The van der Waals surface area contributed by atoms with Crippen LogP contribution in [0.4, 0.5) is 0 Å². The number of nitrogens with two attached hydrogens (primary N) is 1. The molecule has 0 unspecified atom stereocenters. The quantitative estimate of drug-likeness (QED) is 0.292. The summed E-state index contributed by atoms with van der Waals surface area (Å²) in [7, 11) is 0. The molecular weight excluding hydrogens is 202 g/mol. The van der Waals surface area contributed by atoms with Crippen LogP contribution in [0, 0.1) is 0 Å². The van der Waals surface area contributed by atoms with Crippen LogP contribution in [0.15, 0.2) is 29.5 Å². The number of aliphatic imine (C=N–C) groups is 1. The highest BCUT2D eigenvalue weighted by molar-refractivity contribution is 5.79. The molecule has 1 aromatic heterocycles. The van der Waals surface area contributed by atoms with E-state index in [4.69, 9.17) is 5.84 Å². The van der Waals surface area contributed by atoms with Crippen molar-refractivity contribution in [1.82, 2.24) is 15.7 Å². The number of hydrazine groups is 1. The fourth-order valence-corrected chi connectivity index (χ4v) is 1.25. The molecule has 16 heavy (non-hydrogen) atoms. The number of hydrogen-bond donors (Lipinski definition) is 3. The molecule has 5 nitrogen and oxygen atoms in total. The average molecular weight is 221 g/mol. The van der Waals surface area contributed by atoms with Crippen LogP contribution in [0.25, 0.3) is 0 Å². The van der Waals surface area contributed by atoms with Gasteiger partial charge in [0, 0.05) is 25.5 Å². The predicted octanol–water partition coefficient (Wildman–Crippen LogP) is 0.443. The van der Waals surface area contributed by atoms with E-state index in [9.17, 15) is 0 Å². The number of nitrogens with zero attached hydrogens (tertiary/aromatic N) is 2. The van der Waals surface area contributed by atoms with E-state index in [2.05, 4.69) is 27.6 Å². The van der Waals surface area contributed by atoms with E-state index < -0.39 is 0 Å². The lowest BCUT2D eigenvalue weighted by Gasteiger charge is -2.08. The van der Waals surface area contributed by atoms with E-state index in [1.54, 1.807) is 6.20 Å². The summed E-state index contributed by atoms with van der Waals surface area (Å²) < 4.78 is 0. The van der Waals surface area contributed by atoms with Crippen molar-refractivity contribution in [3.63, 3.8) is 0 Å². The minimum absolute atomic E-state index is 0.644. The zero-order valence-electron chi connectivity index (χ0n) is 9.61. The maximum Gasteiger partial charge on any atom is 0.205 e. The van der Waals surface area contributed by atoms with Gasteiger partial charge in [0.2, 0.25) is 5.96 Å². The second kappa shape index (κ2) is 7.64. The van der Waals surface area contributed by atoms with E-state index in [1.165, 1.54) is 5.56 Å². The zero-order valence-corrected chi connectivity index (χ0v) is 9.61. The lowest BCUT2D eigenvalue weighted by molar-refractivity contribution is 0.798. The molecular formula is C11H19N5. The van der Waals surface area contributed by atoms with Crippen LogP contribution in [0.5, 0.6) is 0 Å². The van der Waals surface area contributed by atoms with Crippen molar-refractivity contribution < 1.29 is 0 Å². The third kappa shape index (κ3) is 4.75. The highest BCUT2D eigenvalue weighted by atomic mass is 15.3. The molecule has 0 aromatic carbocycles. The summed E-state index contributed by atoms with van der Waals surface area (Å²) >= 11 is 0. The van der Waals surface area contributed by atoms with Crippen molar-refractivity contribution in [3.8, 4) is 0 Å². The Labute approximate surface area is 96.1 Å². The van der Waals surface area contributed by atoms with E-state index in [-0.39, 0.29) is 0 Å². The second-order valence-corrected chi connectivity index (χ2v) is 3.41. The number of rotatable bonds is 5. The van der Waals surface area contributed by atoms with E-state index in [0.29, 0.717) is 5.96 Å². The SMILES string of the molecule is CCCN=C(NN)NCCc1cccnc1. The Hall–Kier alpha value is -1.62. The van der Waals surface area contributed by atoms with Crippen molar-refractivity contribution in [3.05, 3.63) is 30.1 Å². The van der Waals surface area contributed by atoms with Gasteiger partial charge in [0.15, 0.2) is 0 Å². The van der Waals surface area contributed by atoms with Gasteiger partial charge in [-0.3, -0.25) is 15.4 Å². The standard InChI is InChI=1S/C11H19N5/c1-2-6-14-11(16-12)15-8-5-10-4-3-7-13-9-10/h3-4,7,9H,2,5-6,8,12H2,1H3,(H2,14,15,16). The molecule has 0 spiro atoms. The van der Waals surface area contributed by atoms with E-state index in [1.807, 2.05) is 18.3 Å². The van der Waals surface area contributed by atoms with Gasteiger partial charge in [-0.25, -0.2) is 5.84 Å². The fraction of sp³-hybridized carbons (Fsp3) is 0.455. The first-order chi connectivity index (χ1) is 7.86. The van der Waals surface area contributed by atoms with E-state index in [0.717, 1.165) is 25.9 Å². The van der Waals surface area contributed by atoms with Crippen LogP contribution in [0.3, 0.4) is 0 Å². The molecule has 0 saturated heterocycles. The van der Waals surface area contributed by atoms with Crippen molar-refractivity contribution in [2.24, 2.45) is 10.8 Å². The van der Waals surface area contributed by atoms with Gasteiger partial charge in [-0.1, -0.05) is 13.0 Å². The van der Waals surface area contributed by atoms with Crippen LogP contribution in [0.1, 0.15) is 18.9 Å². The largest absolute Gasteiger partial charge is 0.355 e. The van der Waals surface area contributed by atoms with Crippen LogP contribution < -0.4 is 16.6 Å². The average Bonchev–Trinajstić information content (AvgIpc) is 2.35. The highest BCUT2D eigenvalue weighted by Gasteiger charge is 1.95. The Kier molecular flexibility index (Phi) is 5.95. The van der Waals surface area contributed by atoms with Gasteiger partial charge in [-0.05, 0) is 24.5 Å². The van der Waals surface area contributed by atoms with Crippen LogP contribution in [-0.2, 0) is 6.42 Å². The fourth-order valence-electron chi connectivity index (χ4n) is 1.25. The number of pyridine rings is 1. The topological polar surface area (TPSA) is 75.3 Å². The number of nitrogens with one attached hydrogen (secondary N) is 2. The van der Waals surface area contributed by atoms with Crippen LogP contribution in [0.2, 0.25) is 0 Å². The Morgan fingerprint density at radius 2 is 2.44 bits per heavy atom. The summed E-state index contributed by atoms with van der Waals surface area (Å²) in [4.78, 5) is 8.30. The molecule has 0 fully saturated rings. The molecule has 0 aliphatic rings. The maximum atomic E-state index is 5.34. The first-order valence-electron chi connectivity index (χ1n) is 5.50. The predicted molar refractivity (Wildman–Crippen MR) is 65.9 cm³/mol. The lowest BCUT2D eigenvalue weighted by Crippen LogP contribution is -2.42. The third-order valence-electron chi connectivity index (χ3n) is 2.06. The Morgan fingerprint density at radius 3 is 3.06 bits per heavy atom. The Morgan fingerprint density at radius 1 is 1.56 bits per heavy atom. The minimum Gasteiger partial charge on any atom is -0.355 e. The summed E-state index contributed by atoms with van der Waals surface area (Å²) in [5, 5.41) is 3.14. The van der Waals surface area contributed by atoms with Gasteiger partial charge in [0.25, 0.3) is 0 Å². The molecule has 5 heteroatoms. The number of guanidine groups is 1. The summed E-state index contributed by atoms with van der Waals surface area (Å²) in [5.41, 5.74) is 3.74. The van der Waals surface area contributed by atoms with E-state index >= 15 is 0 Å². The van der Waals surface area contributed by atoms with Gasteiger partial charge in [-0.15, -0.1) is 0 Å². The molecule has 0 aliphatic heterocycles. The number of hydrogen-bond acceptors (Lipinski definition) is 3.